The third-order valence-electron chi connectivity index (χ3n) is 4.04. The molecule has 5 nitrogen and oxygen atoms in total. The fourth-order valence-corrected chi connectivity index (χ4v) is 3.99. The van der Waals surface area contributed by atoms with Crippen LogP contribution in [-0.2, 0) is 16.3 Å². The van der Waals surface area contributed by atoms with Crippen molar-refractivity contribution in [3.05, 3.63) is 82.5 Å². The number of aromatic nitrogens is 1. The van der Waals surface area contributed by atoms with Gasteiger partial charge in [0.25, 0.3) is 5.91 Å². The highest BCUT2D eigenvalue weighted by Crippen LogP contribution is 2.22. The molecule has 138 valence electrons. The SMILES string of the molecule is CCc1ccccc1NC(=O)c1ccc(S(=O)(=O)c2ccc(Br)cc2)nc1. The third-order valence-corrected chi connectivity index (χ3v) is 6.26. The van der Waals surface area contributed by atoms with Gasteiger partial charge < -0.3 is 5.32 Å². The molecule has 0 saturated carbocycles. The number of amides is 1. The normalized spacial score (nSPS) is 11.2. The topological polar surface area (TPSA) is 76.1 Å². The average Bonchev–Trinajstić information content (AvgIpc) is 2.69. The van der Waals surface area contributed by atoms with E-state index in [-0.39, 0.29) is 21.4 Å². The summed E-state index contributed by atoms with van der Waals surface area (Å²) in [6.07, 6.45) is 2.06. The van der Waals surface area contributed by atoms with Crippen LogP contribution in [0.25, 0.3) is 0 Å². The number of nitrogens with zero attached hydrogens (tertiary/aromatic N) is 1. The first kappa shape index (κ1) is 19.3. The molecular weight excluding hydrogens is 428 g/mol. The first-order chi connectivity index (χ1) is 12.9. The third kappa shape index (κ3) is 4.26. The van der Waals surface area contributed by atoms with Crippen LogP contribution < -0.4 is 5.32 Å². The van der Waals surface area contributed by atoms with E-state index in [2.05, 4.69) is 26.2 Å². The minimum Gasteiger partial charge on any atom is -0.322 e. The number of rotatable bonds is 5. The number of hydrogen-bond donors (Lipinski definition) is 1. The van der Waals surface area contributed by atoms with E-state index in [0.717, 1.165) is 22.1 Å². The van der Waals surface area contributed by atoms with Gasteiger partial charge in [-0.05, 0) is 54.4 Å². The Balaban J connectivity index is 1.82. The van der Waals surface area contributed by atoms with Gasteiger partial charge >= 0.3 is 0 Å². The molecule has 0 radical (unpaired) electrons. The lowest BCUT2D eigenvalue weighted by atomic mass is 10.1. The van der Waals surface area contributed by atoms with Crippen LogP contribution in [0.3, 0.4) is 0 Å². The van der Waals surface area contributed by atoms with Gasteiger partial charge in [-0.25, -0.2) is 13.4 Å². The maximum atomic E-state index is 12.6. The van der Waals surface area contributed by atoms with Gasteiger partial charge in [-0.15, -0.1) is 0 Å². The lowest BCUT2D eigenvalue weighted by Gasteiger charge is -2.10. The number of nitrogens with one attached hydrogen (secondary N) is 1. The second kappa shape index (κ2) is 8.02. The van der Waals surface area contributed by atoms with Gasteiger partial charge in [0.2, 0.25) is 9.84 Å². The Labute approximate surface area is 166 Å². The van der Waals surface area contributed by atoms with Gasteiger partial charge in [-0.3, -0.25) is 4.79 Å². The minimum absolute atomic E-state index is 0.102. The van der Waals surface area contributed by atoms with Crippen molar-refractivity contribution in [1.82, 2.24) is 4.98 Å². The van der Waals surface area contributed by atoms with Crippen LogP contribution >= 0.6 is 15.9 Å². The first-order valence-corrected chi connectivity index (χ1v) is 10.6. The summed E-state index contributed by atoms with van der Waals surface area (Å²) in [5.41, 5.74) is 2.04. The monoisotopic (exact) mass is 444 g/mol. The lowest BCUT2D eigenvalue weighted by molar-refractivity contribution is 0.102. The fraction of sp³-hybridized carbons (Fsp3) is 0.100. The second-order valence-electron chi connectivity index (χ2n) is 5.81. The van der Waals surface area contributed by atoms with Gasteiger partial charge in [-0.1, -0.05) is 41.1 Å². The maximum absolute atomic E-state index is 12.6. The van der Waals surface area contributed by atoms with Crippen molar-refractivity contribution >= 4 is 37.4 Å². The van der Waals surface area contributed by atoms with Crippen molar-refractivity contribution < 1.29 is 13.2 Å². The second-order valence-corrected chi connectivity index (χ2v) is 8.62. The molecule has 27 heavy (non-hydrogen) atoms. The smallest absolute Gasteiger partial charge is 0.257 e. The number of carbonyl (C=O) groups is 1. The predicted molar refractivity (Wildman–Crippen MR) is 108 cm³/mol. The number of carbonyl (C=O) groups excluding carboxylic acids is 1. The number of para-hydroxylation sites is 1. The van der Waals surface area contributed by atoms with Crippen LogP contribution in [-0.4, -0.2) is 19.3 Å². The van der Waals surface area contributed by atoms with E-state index in [9.17, 15) is 13.2 Å². The van der Waals surface area contributed by atoms with Gasteiger partial charge in [0.1, 0.15) is 0 Å². The molecule has 1 heterocycles. The number of sulfone groups is 1. The van der Waals surface area contributed by atoms with E-state index in [1.165, 1.54) is 30.5 Å². The van der Waals surface area contributed by atoms with Crippen LogP contribution in [0, 0.1) is 0 Å². The van der Waals surface area contributed by atoms with E-state index in [1.807, 2.05) is 31.2 Å². The van der Waals surface area contributed by atoms with Crippen molar-refractivity contribution in [2.45, 2.75) is 23.3 Å². The zero-order valence-corrected chi connectivity index (χ0v) is 16.9. The Kier molecular flexibility index (Phi) is 5.72. The summed E-state index contributed by atoms with van der Waals surface area (Å²) in [4.78, 5) is 16.6. The molecule has 3 rings (SSSR count). The molecule has 0 aliphatic carbocycles. The molecule has 7 heteroatoms. The zero-order chi connectivity index (χ0) is 19.4. The molecule has 0 aliphatic heterocycles. The van der Waals surface area contributed by atoms with Gasteiger partial charge in [-0.2, -0.15) is 0 Å². The van der Waals surface area contributed by atoms with Crippen LogP contribution in [0.5, 0.6) is 0 Å². The molecule has 1 aromatic heterocycles. The first-order valence-electron chi connectivity index (χ1n) is 8.28. The highest BCUT2D eigenvalue weighted by Gasteiger charge is 2.20. The van der Waals surface area contributed by atoms with E-state index >= 15 is 0 Å². The number of halogens is 1. The van der Waals surface area contributed by atoms with Crippen molar-refractivity contribution in [3.8, 4) is 0 Å². The summed E-state index contributed by atoms with van der Waals surface area (Å²) in [5.74, 6) is -0.337. The molecule has 0 spiro atoms. The number of pyridine rings is 1. The summed E-state index contributed by atoms with van der Waals surface area (Å²) in [7, 11) is -3.73. The summed E-state index contributed by atoms with van der Waals surface area (Å²) in [5, 5.41) is 2.74. The molecule has 1 N–H and O–H groups in total. The Morgan fingerprint density at radius 1 is 1.04 bits per heavy atom. The van der Waals surface area contributed by atoms with Crippen molar-refractivity contribution in [1.29, 1.82) is 0 Å². The molecule has 1 amide bonds. The fourth-order valence-electron chi connectivity index (χ4n) is 2.55. The summed E-state index contributed by atoms with van der Waals surface area (Å²) < 4.78 is 26.0. The quantitative estimate of drug-likeness (QED) is 0.628. The standard InChI is InChI=1S/C20H17BrN2O3S/c1-2-14-5-3-4-6-18(14)23-20(24)15-7-12-19(22-13-15)27(25,26)17-10-8-16(21)9-11-17/h3-13H,2H2,1H3,(H,23,24). The average molecular weight is 445 g/mol. The van der Waals surface area contributed by atoms with Gasteiger partial charge in [0.15, 0.2) is 5.03 Å². The van der Waals surface area contributed by atoms with Crippen molar-refractivity contribution in [2.75, 3.05) is 5.32 Å². The highest BCUT2D eigenvalue weighted by atomic mass is 79.9. The molecule has 0 fully saturated rings. The van der Waals surface area contributed by atoms with E-state index < -0.39 is 9.84 Å². The maximum Gasteiger partial charge on any atom is 0.257 e. The molecular formula is C20H17BrN2O3S. The number of hydrogen-bond acceptors (Lipinski definition) is 4. The Bertz CT molecular complexity index is 1060. The number of benzene rings is 2. The van der Waals surface area contributed by atoms with Crippen molar-refractivity contribution in [3.63, 3.8) is 0 Å². The van der Waals surface area contributed by atoms with Crippen LogP contribution in [0.1, 0.15) is 22.8 Å². The predicted octanol–water partition coefficient (Wildman–Crippen LogP) is 4.49. The Morgan fingerprint density at radius 2 is 1.74 bits per heavy atom. The molecule has 0 aliphatic rings. The molecule has 0 atom stereocenters. The Hall–Kier alpha value is -2.51. The summed E-state index contributed by atoms with van der Waals surface area (Å²) in [6, 6.07) is 16.7. The van der Waals surface area contributed by atoms with Gasteiger partial charge in [0, 0.05) is 16.4 Å². The molecule has 0 bridgehead atoms. The molecule has 3 aromatic rings. The number of anilines is 1. The van der Waals surface area contributed by atoms with Crippen LogP contribution in [0.4, 0.5) is 5.69 Å². The summed E-state index contributed by atoms with van der Waals surface area (Å²) >= 11 is 3.28. The lowest BCUT2D eigenvalue weighted by Crippen LogP contribution is -2.14. The minimum atomic E-state index is -3.73. The van der Waals surface area contributed by atoms with Gasteiger partial charge in [0.05, 0.1) is 10.5 Å². The number of aryl methyl sites for hydroxylation is 1. The van der Waals surface area contributed by atoms with E-state index in [0.29, 0.717) is 0 Å². The largest absolute Gasteiger partial charge is 0.322 e. The molecule has 2 aromatic carbocycles. The molecule has 0 unspecified atom stereocenters. The van der Waals surface area contributed by atoms with Crippen molar-refractivity contribution in [2.24, 2.45) is 0 Å². The molecule has 0 saturated heterocycles. The van der Waals surface area contributed by atoms with Crippen LogP contribution in [0.15, 0.2) is 81.3 Å². The van der Waals surface area contributed by atoms with E-state index in [4.69, 9.17) is 0 Å². The zero-order valence-electron chi connectivity index (χ0n) is 14.5. The van der Waals surface area contributed by atoms with Crippen LogP contribution in [0.2, 0.25) is 0 Å². The van der Waals surface area contributed by atoms with E-state index in [1.54, 1.807) is 12.1 Å². The highest BCUT2D eigenvalue weighted by molar-refractivity contribution is 9.10. The Morgan fingerprint density at radius 3 is 2.37 bits per heavy atom. The summed E-state index contributed by atoms with van der Waals surface area (Å²) in [6.45, 7) is 2.01.